The summed E-state index contributed by atoms with van der Waals surface area (Å²) in [6.07, 6.45) is 4.12. The molecule has 0 unspecified atom stereocenters. The standard InChI is InChI=1S/C22H25N3OS/c1-16-19(22(2,3)4)27-21(24-20(26)18-11-8-13-23-15-18)25(16)14-12-17-9-6-5-7-10-17/h5-11,13,15H,12,14H2,1-4H3. The van der Waals surface area contributed by atoms with Crippen molar-refractivity contribution in [2.75, 3.05) is 0 Å². The van der Waals surface area contributed by atoms with Crippen LogP contribution < -0.4 is 4.80 Å². The number of carbonyl (C=O) groups excluding carboxylic acids is 1. The van der Waals surface area contributed by atoms with Crippen LogP contribution in [0, 0.1) is 6.92 Å². The van der Waals surface area contributed by atoms with Gasteiger partial charge < -0.3 is 4.57 Å². The van der Waals surface area contributed by atoms with Crippen LogP contribution in [-0.2, 0) is 18.4 Å². The summed E-state index contributed by atoms with van der Waals surface area (Å²) in [6.45, 7) is 9.50. The summed E-state index contributed by atoms with van der Waals surface area (Å²) < 4.78 is 2.17. The fourth-order valence-corrected chi connectivity index (χ4v) is 4.27. The number of aryl methyl sites for hydroxylation is 1. The maximum absolute atomic E-state index is 12.6. The Morgan fingerprint density at radius 3 is 2.52 bits per heavy atom. The van der Waals surface area contributed by atoms with E-state index in [9.17, 15) is 4.79 Å². The first-order chi connectivity index (χ1) is 12.9. The predicted octanol–water partition coefficient (Wildman–Crippen LogP) is 4.53. The Kier molecular flexibility index (Phi) is 5.71. The van der Waals surface area contributed by atoms with Crippen molar-refractivity contribution in [2.24, 2.45) is 4.99 Å². The van der Waals surface area contributed by atoms with E-state index in [0.29, 0.717) is 5.56 Å². The van der Waals surface area contributed by atoms with E-state index in [2.05, 4.69) is 66.5 Å². The van der Waals surface area contributed by atoms with Crippen LogP contribution >= 0.6 is 11.3 Å². The van der Waals surface area contributed by atoms with Crippen LogP contribution in [0.5, 0.6) is 0 Å². The summed E-state index contributed by atoms with van der Waals surface area (Å²) >= 11 is 1.61. The van der Waals surface area contributed by atoms with Crippen LogP contribution in [0.25, 0.3) is 0 Å². The molecule has 1 aromatic carbocycles. The van der Waals surface area contributed by atoms with Gasteiger partial charge in [-0.3, -0.25) is 9.78 Å². The van der Waals surface area contributed by atoms with Gasteiger partial charge in [0.1, 0.15) is 0 Å². The minimum absolute atomic E-state index is 0.00830. The van der Waals surface area contributed by atoms with Gasteiger partial charge in [-0.25, -0.2) is 0 Å². The number of hydrogen-bond donors (Lipinski definition) is 0. The highest BCUT2D eigenvalue weighted by Gasteiger charge is 2.22. The minimum Gasteiger partial charge on any atom is -0.320 e. The van der Waals surface area contributed by atoms with Gasteiger partial charge in [0.05, 0.1) is 5.56 Å². The Balaban J connectivity index is 2.01. The van der Waals surface area contributed by atoms with Gasteiger partial charge in [-0.05, 0) is 36.5 Å². The van der Waals surface area contributed by atoms with E-state index in [0.717, 1.165) is 17.8 Å². The Morgan fingerprint density at radius 2 is 1.89 bits per heavy atom. The minimum atomic E-state index is -0.252. The van der Waals surface area contributed by atoms with Crippen LogP contribution in [0.4, 0.5) is 0 Å². The second-order valence-electron chi connectivity index (χ2n) is 7.60. The molecule has 0 aliphatic rings. The average molecular weight is 380 g/mol. The monoisotopic (exact) mass is 379 g/mol. The van der Waals surface area contributed by atoms with Crippen molar-refractivity contribution in [3.8, 4) is 0 Å². The molecule has 0 spiro atoms. The second kappa shape index (κ2) is 8.01. The van der Waals surface area contributed by atoms with Crippen LogP contribution in [0.2, 0.25) is 0 Å². The average Bonchev–Trinajstić information content (AvgIpc) is 2.97. The lowest BCUT2D eigenvalue weighted by Crippen LogP contribution is -2.20. The maximum Gasteiger partial charge on any atom is 0.281 e. The van der Waals surface area contributed by atoms with Crippen molar-refractivity contribution < 1.29 is 4.79 Å². The third-order valence-corrected chi connectivity index (χ3v) is 6.02. The zero-order valence-corrected chi connectivity index (χ0v) is 17.1. The van der Waals surface area contributed by atoms with E-state index >= 15 is 0 Å². The third kappa shape index (κ3) is 4.61. The first-order valence-electron chi connectivity index (χ1n) is 9.10. The molecule has 0 saturated carbocycles. The number of benzene rings is 1. The van der Waals surface area contributed by atoms with E-state index in [-0.39, 0.29) is 11.3 Å². The smallest absolute Gasteiger partial charge is 0.281 e. The van der Waals surface area contributed by atoms with E-state index in [1.807, 2.05) is 6.07 Å². The highest BCUT2D eigenvalue weighted by molar-refractivity contribution is 7.09. The van der Waals surface area contributed by atoms with Gasteiger partial charge in [-0.1, -0.05) is 51.1 Å². The van der Waals surface area contributed by atoms with Crippen LogP contribution in [0.3, 0.4) is 0 Å². The van der Waals surface area contributed by atoms with E-state index in [1.54, 1.807) is 35.9 Å². The van der Waals surface area contributed by atoms with Gasteiger partial charge in [-0.15, -0.1) is 11.3 Å². The molecule has 3 aromatic rings. The Labute approximate surface area is 164 Å². The van der Waals surface area contributed by atoms with E-state index < -0.39 is 0 Å². The summed E-state index contributed by atoms with van der Waals surface area (Å²) in [6, 6.07) is 13.9. The van der Waals surface area contributed by atoms with Crippen molar-refractivity contribution >= 4 is 17.2 Å². The molecule has 0 aliphatic heterocycles. The molecule has 0 bridgehead atoms. The fourth-order valence-electron chi connectivity index (χ4n) is 3.05. The predicted molar refractivity (Wildman–Crippen MR) is 110 cm³/mol. The number of carbonyl (C=O) groups is 1. The Hall–Kier alpha value is -2.53. The van der Waals surface area contributed by atoms with Gasteiger partial charge in [0.2, 0.25) is 0 Å². The van der Waals surface area contributed by atoms with Crippen molar-refractivity contribution in [2.45, 2.75) is 46.1 Å². The molecule has 4 nitrogen and oxygen atoms in total. The number of hydrogen-bond acceptors (Lipinski definition) is 3. The molecule has 0 saturated heterocycles. The molecule has 2 heterocycles. The number of rotatable bonds is 4. The molecule has 2 aromatic heterocycles. The normalized spacial score (nSPS) is 12.4. The quantitative estimate of drug-likeness (QED) is 0.668. The van der Waals surface area contributed by atoms with Gasteiger partial charge >= 0.3 is 0 Å². The lowest BCUT2D eigenvalue weighted by molar-refractivity contribution is 0.0997. The van der Waals surface area contributed by atoms with Crippen LogP contribution in [0.1, 0.15) is 47.3 Å². The summed E-state index contributed by atoms with van der Waals surface area (Å²) in [4.78, 5) is 23.1. The highest BCUT2D eigenvalue weighted by Crippen LogP contribution is 2.28. The molecular formula is C22H25N3OS. The number of amides is 1. The maximum atomic E-state index is 12.6. The summed E-state index contributed by atoms with van der Waals surface area (Å²) in [5, 5.41) is 0. The first kappa shape index (κ1) is 19.2. The zero-order chi connectivity index (χ0) is 19.4. The number of aromatic nitrogens is 2. The lowest BCUT2D eigenvalue weighted by Gasteiger charge is -2.17. The third-order valence-electron chi connectivity index (χ3n) is 4.41. The fraction of sp³-hybridized carbons (Fsp3) is 0.318. The number of nitrogens with zero attached hydrogens (tertiary/aromatic N) is 3. The molecule has 5 heteroatoms. The Morgan fingerprint density at radius 1 is 1.15 bits per heavy atom. The van der Waals surface area contributed by atoms with Gasteiger partial charge in [0, 0.05) is 29.5 Å². The molecule has 3 rings (SSSR count). The molecule has 0 fully saturated rings. The topological polar surface area (TPSA) is 47.2 Å². The Bertz CT molecular complexity index is 980. The highest BCUT2D eigenvalue weighted by atomic mass is 32.1. The van der Waals surface area contributed by atoms with Crippen molar-refractivity contribution in [1.82, 2.24) is 9.55 Å². The molecule has 27 heavy (non-hydrogen) atoms. The zero-order valence-electron chi connectivity index (χ0n) is 16.3. The van der Waals surface area contributed by atoms with Crippen LogP contribution in [-0.4, -0.2) is 15.5 Å². The summed E-state index contributed by atoms with van der Waals surface area (Å²) in [7, 11) is 0. The molecule has 0 radical (unpaired) electrons. The number of thiazole rings is 1. The molecule has 1 amide bonds. The molecule has 140 valence electrons. The second-order valence-corrected chi connectivity index (χ2v) is 8.57. The largest absolute Gasteiger partial charge is 0.320 e. The summed E-state index contributed by atoms with van der Waals surface area (Å²) in [5.41, 5.74) is 2.98. The lowest BCUT2D eigenvalue weighted by atomic mass is 9.93. The van der Waals surface area contributed by atoms with Crippen molar-refractivity contribution in [3.05, 3.63) is 81.4 Å². The molecule has 0 N–H and O–H groups in total. The SMILES string of the molecule is Cc1c(C(C)(C)C)sc(=NC(=O)c2cccnc2)n1CCc1ccccc1. The van der Waals surface area contributed by atoms with Gasteiger partial charge in [0.15, 0.2) is 4.80 Å². The van der Waals surface area contributed by atoms with E-state index in [1.165, 1.54) is 16.1 Å². The van der Waals surface area contributed by atoms with Crippen molar-refractivity contribution in [1.29, 1.82) is 0 Å². The van der Waals surface area contributed by atoms with E-state index in [4.69, 9.17) is 0 Å². The summed E-state index contributed by atoms with van der Waals surface area (Å²) in [5.74, 6) is -0.252. The molecular weight excluding hydrogens is 354 g/mol. The van der Waals surface area contributed by atoms with Gasteiger partial charge in [-0.2, -0.15) is 4.99 Å². The molecule has 0 aliphatic carbocycles. The first-order valence-corrected chi connectivity index (χ1v) is 9.91. The van der Waals surface area contributed by atoms with Crippen LogP contribution in [0.15, 0.2) is 59.9 Å². The van der Waals surface area contributed by atoms with Gasteiger partial charge in [0.25, 0.3) is 5.91 Å². The number of pyridine rings is 1. The van der Waals surface area contributed by atoms with Crippen molar-refractivity contribution in [3.63, 3.8) is 0 Å². The molecule has 0 atom stereocenters.